The molecule has 3 N–H and O–H groups in total. The lowest BCUT2D eigenvalue weighted by atomic mass is 10.1. The molecule has 6 heteroatoms. The van der Waals surface area contributed by atoms with Gasteiger partial charge in [0.2, 0.25) is 5.89 Å². The van der Waals surface area contributed by atoms with Crippen LogP contribution in [0.5, 0.6) is 5.75 Å². The number of methoxy groups -OCH3 is 1. The van der Waals surface area contributed by atoms with Crippen molar-refractivity contribution in [2.24, 2.45) is 5.73 Å². The summed E-state index contributed by atoms with van der Waals surface area (Å²) >= 11 is 0. The fourth-order valence-corrected chi connectivity index (χ4v) is 1.69. The second-order valence-electron chi connectivity index (χ2n) is 4.07. The summed E-state index contributed by atoms with van der Waals surface area (Å²) in [5.41, 5.74) is 6.60. The van der Waals surface area contributed by atoms with Crippen molar-refractivity contribution in [1.29, 1.82) is 0 Å². The first-order chi connectivity index (χ1) is 9.31. The summed E-state index contributed by atoms with van der Waals surface area (Å²) < 4.78 is 10.5. The van der Waals surface area contributed by atoms with Crippen LogP contribution in [0.1, 0.15) is 11.5 Å². The van der Waals surface area contributed by atoms with Crippen LogP contribution in [0.4, 0.5) is 6.01 Å². The second-order valence-corrected chi connectivity index (χ2v) is 4.07. The number of hydrogen-bond donors (Lipinski definition) is 2. The molecule has 0 spiro atoms. The van der Waals surface area contributed by atoms with Crippen molar-refractivity contribution in [3.63, 3.8) is 0 Å². The first kappa shape index (κ1) is 13.4. The Labute approximate surface area is 112 Å². The molecule has 1 heterocycles. The minimum atomic E-state index is 0.436. The van der Waals surface area contributed by atoms with E-state index in [1.807, 2.05) is 18.2 Å². The van der Waals surface area contributed by atoms with E-state index in [1.165, 1.54) is 5.56 Å². The van der Waals surface area contributed by atoms with Crippen molar-refractivity contribution in [2.45, 2.75) is 12.8 Å². The zero-order chi connectivity index (χ0) is 13.5. The van der Waals surface area contributed by atoms with Crippen molar-refractivity contribution < 1.29 is 9.15 Å². The van der Waals surface area contributed by atoms with E-state index in [0.717, 1.165) is 18.7 Å². The summed E-state index contributed by atoms with van der Waals surface area (Å²) in [6.07, 6.45) is 1.45. The molecule has 2 rings (SSSR count). The summed E-state index contributed by atoms with van der Waals surface area (Å²) in [6, 6.07) is 8.40. The third kappa shape index (κ3) is 3.96. The molecule has 0 aliphatic rings. The van der Waals surface area contributed by atoms with Crippen molar-refractivity contribution in [3.05, 3.63) is 35.7 Å². The molecule has 0 fully saturated rings. The number of anilines is 1. The van der Waals surface area contributed by atoms with Gasteiger partial charge >= 0.3 is 6.01 Å². The van der Waals surface area contributed by atoms with Crippen LogP contribution < -0.4 is 15.8 Å². The predicted molar refractivity (Wildman–Crippen MR) is 72.2 cm³/mol. The van der Waals surface area contributed by atoms with Crippen LogP contribution in [0.3, 0.4) is 0 Å². The molecule has 19 heavy (non-hydrogen) atoms. The Balaban J connectivity index is 1.81. The van der Waals surface area contributed by atoms with Crippen molar-refractivity contribution in [1.82, 2.24) is 10.2 Å². The van der Waals surface area contributed by atoms with Crippen LogP contribution in [-0.2, 0) is 12.8 Å². The summed E-state index contributed by atoms with van der Waals surface area (Å²) in [7, 11) is 1.66. The molecule has 0 unspecified atom stereocenters. The Morgan fingerprint density at radius 2 is 2.21 bits per heavy atom. The van der Waals surface area contributed by atoms with Gasteiger partial charge in [-0.3, -0.25) is 0 Å². The third-order valence-electron chi connectivity index (χ3n) is 2.65. The maximum Gasteiger partial charge on any atom is 0.315 e. The van der Waals surface area contributed by atoms with E-state index in [-0.39, 0.29) is 0 Å². The highest BCUT2D eigenvalue weighted by molar-refractivity contribution is 5.29. The molecule has 0 atom stereocenters. The van der Waals surface area contributed by atoms with E-state index < -0.39 is 0 Å². The van der Waals surface area contributed by atoms with Gasteiger partial charge in [-0.05, 0) is 24.1 Å². The van der Waals surface area contributed by atoms with Gasteiger partial charge in [-0.1, -0.05) is 17.2 Å². The third-order valence-corrected chi connectivity index (χ3v) is 2.65. The maximum absolute atomic E-state index is 5.41. The largest absolute Gasteiger partial charge is 0.497 e. The number of hydrogen-bond acceptors (Lipinski definition) is 6. The molecule has 1 aromatic carbocycles. The fraction of sp³-hybridized carbons (Fsp3) is 0.385. The van der Waals surface area contributed by atoms with Gasteiger partial charge in [-0.15, -0.1) is 5.10 Å². The van der Waals surface area contributed by atoms with E-state index in [0.29, 0.717) is 24.9 Å². The Kier molecular flexibility index (Phi) is 4.74. The van der Waals surface area contributed by atoms with E-state index >= 15 is 0 Å². The van der Waals surface area contributed by atoms with Gasteiger partial charge in [0.25, 0.3) is 0 Å². The highest BCUT2D eigenvalue weighted by Gasteiger charge is 2.04. The molecule has 0 radical (unpaired) electrons. The standard InChI is InChI=1S/C13H18N4O2/c1-18-11-4-2-3-10(9-11)6-8-15-13-17-16-12(19-13)5-7-14/h2-4,9H,5-8,14H2,1H3,(H,15,17). The Hall–Kier alpha value is -2.08. The Morgan fingerprint density at radius 1 is 1.32 bits per heavy atom. The number of benzene rings is 1. The molecule has 0 aliphatic carbocycles. The number of nitrogens with two attached hydrogens (primary N) is 1. The van der Waals surface area contributed by atoms with Gasteiger partial charge in [0.05, 0.1) is 7.11 Å². The van der Waals surface area contributed by atoms with E-state index in [2.05, 4.69) is 21.6 Å². The van der Waals surface area contributed by atoms with Gasteiger partial charge in [-0.2, -0.15) is 0 Å². The summed E-state index contributed by atoms with van der Waals surface area (Å²) in [4.78, 5) is 0. The first-order valence-electron chi connectivity index (χ1n) is 6.21. The van der Waals surface area contributed by atoms with Crippen molar-refractivity contribution >= 4 is 6.01 Å². The number of nitrogens with one attached hydrogen (secondary N) is 1. The Bertz CT molecular complexity index is 513. The SMILES string of the molecule is COc1cccc(CCNc2nnc(CCN)o2)c1. The van der Waals surface area contributed by atoms with Crippen LogP contribution in [0.15, 0.2) is 28.7 Å². The van der Waals surface area contributed by atoms with E-state index in [4.69, 9.17) is 14.9 Å². The molecule has 0 amide bonds. The second kappa shape index (κ2) is 6.75. The van der Waals surface area contributed by atoms with Gasteiger partial charge in [0.15, 0.2) is 0 Å². The minimum Gasteiger partial charge on any atom is -0.497 e. The summed E-state index contributed by atoms with van der Waals surface area (Å²) in [5.74, 6) is 1.42. The highest BCUT2D eigenvalue weighted by Crippen LogP contribution is 2.13. The molecular formula is C13H18N4O2. The predicted octanol–water partition coefficient (Wildman–Crippen LogP) is 1.23. The van der Waals surface area contributed by atoms with Gasteiger partial charge < -0.3 is 20.2 Å². The molecule has 0 saturated heterocycles. The number of nitrogens with zero attached hydrogens (tertiary/aromatic N) is 2. The average Bonchev–Trinajstić information content (AvgIpc) is 2.87. The molecular weight excluding hydrogens is 244 g/mol. The Morgan fingerprint density at radius 3 is 3.00 bits per heavy atom. The number of ether oxygens (including phenoxy) is 1. The molecule has 0 saturated carbocycles. The smallest absolute Gasteiger partial charge is 0.315 e. The summed E-state index contributed by atoms with van der Waals surface area (Å²) in [6.45, 7) is 1.23. The topological polar surface area (TPSA) is 86.2 Å². The molecule has 102 valence electrons. The molecule has 0 aliphatic heterocycles. The van der Waals surface area contributed by atoms with Crippen LogP contribution in [0.25, 0.3) is 0 Å². The first-order valence-corrected chi connectivity index (χ1v) is 6.21. The van der Waals surface area contributed by atoms with Crippen molar-refractivity contribution in [3.8, 4) is 5.75 Å². The fourth-order valence-electron chi connectivity index (χ4n) is 1.69. The summed E-state index contributed by atoms with van der Waals surface area (Å²) in [5, 5.41) is 10.9. The highest BCUT2D eigenvalue weighted by atomic mass is 16.5. The number of aromatic nitrogens is 2. The lowest BCUT2D eigenvalue weighted by Crippen LogP contribution is -2.05. The van der Waals surface area contributed by atoms with E-state index in [1.54, 1.807) is 7.11 Å². The average molecular weight is 262 g/mol. The van der Waals surface area contributed by atoms with Gasteiger partial charge in [-0.25, -0.2) is 0 Å². The monoisotopic (exact) mass is 262 g/mol. The lowest BCUT2D eigenvalue weighted by molar-refractivity contribution is 0.414. The molecule has 2 aromatic rings. The van der Waals surface area contributed by atoms with Crippen molar-refractivity contribution in [2.75, 3.05) is 25.5 Å². The maximum atomic E-state index is 5.41. The zero-order valence-electron chi connectivity index (χ0n) is 10.9. The zero-order valence-corrected chi connectivity index (χ0v) is 10.9. The minimum absolute atomic E-state index is 0.436. The van der Waals surface area contributed by atoms with Crippen LogP contribution in [-0.4, -0.2) is 30.4 Å². The quantitative estimate of drug-likeness (QED) is 0.780. The number of rotatable bonds is 7. The molecule has 6 nitrogen and oxygen atoms in total. The van der Waals surface area contributed by atoms with Gasteiger partial charge in [0.1, 0.15) is 5.75 Å². The van der Waals surface area contributed by atoms with E-state index in [9.17, 15) is 0 Å². The normalized spacial score (nSPS) is 10.4. The lowest BCUT2D eigenvalue weighted by Gasteiger charge is -2.04. The molecule has 0 bridgehead atoms. The van der Waals surface area contributed by atoms with Crippen LogP contribution >= 0.6 is 0 Å². The molecule has 1 aromatic heterocycles. The van der Waals surface area contributed by atoms with Gasteiger partial charge in [0, 0.05) is 19.5 Å². The van der Waals surface area contributed by atoms with Crippen LogP contribution in [0.2, 0.25) is 0 Å². The van der Waals surface area contributed by atoms with Crippen LogP contribution in [0, 0.1) is 0 Å².